The molecule has 14 heavy (non-hydrogen) atoms. The monoisotopic (exact) mass is 221 g/mol. The molecule has 0 aromatic carbocycles. The van der Waals surface area contributed by atoms with Crippen LogP contribution < -0.4 is 10.9 Å². The Bertz CT molecular complexity index is 276. The van der Waals surface area contributed by atoms with Gasteiger partial charge in [-0.15, -0.1) is 0 Å². The van der Waals surface area contributed by atoms with Crippen LogP contribution in [0.15, 0.2) is 0 Å². The van der Waals surface area contributed by atoms with Crippen molar-refractivity contribution in [2.24, 2.45) is 16.8 Å². The topological polar surface area (TPSA) is 89.4 Å². The summed E-state index contributed by atoms with van der Waals surface area (Å²) in [5, 5.41) is 4.93. The van der Waals surface area contributed by atoms with Crippen LogP contribution in [0.25, 0.3) is 0 Å². The van der Waals surface area contributed by atoms with Crippen LogP contribution in [0.5, 0.6) is 0 Å². The Hall–Kier alpha value is -0.170. The predicted molar refractivity (Wildman–Crippen MR) is 56.2 cm³/mol. The molecule has 1 rings (SSSR count). The van der Waals surface area contributed by atoms with E-state index >= 15 is 0 Å². The summed E-state index contributed by atoms with van der Waals surface area (Å²) in [4.78, 5) is 2.11. The van der Waals surface area contributed by atoms with Crippen LogP contribution in [-0.4, -0.2) is 44.7 Å². The minimum atomic E-state index is -3.32. The van der Waals surface area contributed by atoms with E-state index in [4.69, 9.17) is 10.9 Å². The van der Waals surface area contributed by atoms with Gasteiger partial charge < -0.3 is 10.6 Å². The lowest BCUT2D eigenvalue weighted by Crippen LogP contribution is -2.33. The summed E-state index contributed by atoms with van der Waals surface area (Å²) in [5.74, 6) is 0.536. The van der Waals surface area contributed by atoms with Crippen LogP contribution in [0.1, 0.15) is 13.3 Å². The lowest BCUT2D eigenvalue weighted by Gasteiger charge is -2.16. The average Bonchev–Trinajstić information content (AvgIpc) is 2.47. The number of sulfonamides is 1. The second-order valence-corrected chi connectivity index (χ2v) is 5.81. The molecule has 6 heteroatoms. The maximum absolute atomic E-state index is 10.7. The molecule has 1 saturated heterocycles. The third-order valence-electron chi connectivity index (χ3n) is 2.74. The molecule has 0 saturated carbocycles. The largest absolute Gasteiger partial charge is 0.328 e. The lowest BCUT2D eigenvalue weighted by atomic mass is 10.0. The van der Waals surface area contributed by atoms with E-state index in [0.29, 0.717) is 12.5 Å². The fraction of sp³-hybridized carbons (Fsp3) is 1.00. The average molecular weight is 221 g/mol. The van der Waals surface area contributed by atoms with Crippen LogP contribution in [0.2, 0.25) is 0 Å². The first-order valence-corrected chi connectivity index (χ1v) is 6.58. The summed E-state index contributed by atoms with van der Waals surface area (Å²) >= 11 is 0. The van der Waals surface area contributed by atoms with Gasteiger partial charge in [0.2, 0.25) is 10.0 Å². The van der Waals surface area contributed by atoms with Crippen LogP contribution in [0.4, 0.5) is 0 Å². The Morgan fingerprint density at radius 2 is 2.21 bits per heavy atom. The first-order valence-electron chi connectivity index (χ1n) is 4.87. The van der Waals surface area contributed by atoms with Crippen molar-refractivity contribution in [2.75, 3.05) is 25.4 Å². The number of hydrogen-bond acceptors (Lipinski definition) is 4. The van der Waals surface area contributed by atoms with Gasteiger partial charge in [-0.2, -0.15) is 0 Å². The van der Waals surface area contributed by atoms with Crippen LogP contribution in [0, 0.1) is 5.92 Å². The van der Waals surface area contributed by atoms with Crippen LogP contribution in [-0.2, 0) is 10.0 Å². The molecular formula is C8H19N3O2S. The normalized spacial score (nSPS) is 26.6. The van der Waals surface area contributed by atoms with Crippen molar-refractivity contribution < 1.29 is 8.42 Å². The summed E-state index contributed by atoms with van der Waals surface area (Å²) in [5.41, 5.74) is 5.77. The molecular weight excluding hydrogens is 202 g/mol. The molecule has 0 aromatic rings. The van der Waals surface area contributed by atoms with Crippen molar-refractivity contribution in [1.82, 2.24) is 4.90 Å². The quantitative estimate of drug-likeness (QED) is 0.633. The highest BCUT2D eigenvalue weighted by Crippen LogP contribution is 2.17. The molecule has 2 unspecified atom stereocenters. The SMILES string of the molecule is CC(N)C1CCN(CCS(N)(=O)=O)C1. The van der Waals surface area contributed by atoms with Gasteiger partial charge >= 0.3 is 0 Å². The minimum absolute atomic E-state index is 0.0403. The molecule has 0 radical (unpaired) electrons. The first-order chi connectivity index (χ1) is 6.38. The van der Waals surface area contributed by atoms with Crippen molar-refractivity contribution in [3.63, 3.8) is 0 Å². The smallest absolute Gasteiger partial charge is 0.210 e. The Balaban J connectivity index is 2.30. The third-order valence-corrected chi connectivity index (χ3v) is 3.50. The molecule has 1 aliphatic heterocycles. The highest BCUT2D eigenvalue weighted by Gasteiger charge is 2.25. The highest BCUT2D eigenvalue weighted by molar-refractivity contribution is 7.89. The maximum Gasteiger partial charge on any atom is 0.210 e. The molecule has 5 nitrogen and oxygen atoms in total. The molecule has 0 spiro atoms. The second kappa shape index (κ2) is 4.57. The van der Waals surface area contributed by atoms with Gasteiger partial charge in [-0.3, -0.25) is 0 Å². The van der Waals surface area contributed by atoms with E-state index < -0.39 is 10.0 Å². The molecule has 1 aliphatic rings. The number of rotatable bonds is 4. The van der Waals surface area contributed by atoms with Crippen molar-refractivity contribution in [3.8, 4) is 0 Å². The van der Waals surface area contributed by atoms with Crippen LogP contribution in [0.3, 0.4) is 0 Å². The van der Waals surface area contributed by atoms with Gasteiger partial charge in [0.25, 0.3) is 0 Å². The fourth-order valence-corrected chi connectivity index (χ4v) is 2.26. The van der Waals surface area contributed by atoms with Gasteiger partial charge in [-0.25, -0.2) is 13.6 Å². The number of primary sulfonamides is 1. The number of likely N-dealkylation sites (tertiary alicyclic amines) is 1. The lowest BCUT2D eigenvalue weighted by molar-refractivity contribution is 0.332. The maximum atomic E-state index is 10.7. The standard InChI is InChI=1S/C8H19N3O2S/c1-7(9)8-2-3-11(6-8)4-5-14(10,12)13/h7-8H,2-6,9H2,1H3,(H2,10,12,13). The summed E-state index contributed by atoms with van der Waals surface area (Å²) in [7, 11) is -3.32. The molecule has 0 amide bonds. The summed E-state index contributed by atoms with van der Waals surface area (Å²) in [6, 6.07) is 0.189. The molecule has 1 fully saturated rings. The Morgan fingerprint density at radius 1 is 1.57 bits per heavy atom. The number of nitrogens with zero attached hydrogens (tertiary/aromatic N) is 1. The molecule has 4 N–H and O–H groups in total. The highest BCUT2D eigenvalue weighted by atomic mass is 32.2. The zero-order valence-corrected chi connectivity index (χ0v) is 9.33. The van der Waals surface area contributed by atoms with Crippen molar-refractivity contribution >= 4 is 10.0 Å². The van der Waals surface area contributed by atoms with Gasteiger partial charge in [0.1, 0.15) is 0 Å². The van der Waals surface area contributed by atoms with Gasteiger partial charge in [-0.05, 0) is 25.8 Å². The molecule has 0 aliphatic carbocycles. The van der Waals surface area contributed by atoms with Gasteiger partial charge in [0.05, 0.1) is 5.75 Å². The molecule has 0 bridgehead atoms. The van der Waals surface area contributed by atoms with Gasteiger partial charge in [0.15, 0.2) is 0 Å². The van der Waals surface area contributed by atoms with Crippen LogP contribution >= 0.6 is 0 Å². The third kappa shape index (κ3) is 3.91. The molecule has 1 heterocycles. The van der Waals surface area contributed by atoms with Crippen molar-refractivity contribution in [2.45, 2.75) is 19.4 Å². The van der Waals surface area contributed by atoms with E-state index in [1.54, 1.807) is 0 Å². The fourth-order valence-electron chi connectivity index (χ4n) is 1.75. The number of hydrogen-bond donors (Lipinski definition) is 2. The molecule has 0 aromatic heterocycles. The summed E-state index contributed by atoms with van der Waals surface area (Å²) in [6.07, 6.45) is 1.06. The predicted octanol–water partition coefficient (Wildman–Crippen LogP) is -1.06. The zero-order valence-electron chi connectivity index (χ0n) is 8.52. The van der Waals surface area contributed by atoms with E-state index in [0.717, 1.165) is 19.5 Å². The Labute approximate surface area is 85.5 Å². The van der Waals surface area contributed by atoms with E-state index in [1.807, 2.05) is 6.92 Å². The van der Waals surface area contributed by atoms with Gasteiger partial charge in [-0.1, -0.05) is 0 Å². The Kier molecular flexibility index (Phi) is 3.88. The van der Waals surface area contributed by atoms with Crippen molar-refractivity contribution in [3.05, 3.63) is 0 Å². The van der Waals surface area contributed by atoms with E-state index in [-0.39, 0.29) is 11.8 Å². The van der Waals surface area contributed by atoms with Crippen molar-refractivity contribution in [1.29, 1.82) is 0 Å². The minimum Gasteiger partial charge on any atom is -0.328 e. The Morgan fingerprint density at radius 3 is 2.64 bits per heavy atom. The van der Waals surface area contributed by atoms with E-state index in [1.165, 1.54) is 0 Å². The summed E-state index contributed by atoms with van der Waals surface area (Å²) in [6.45, 7) is 4.35. The van der Waals surface area contributed by atoms with E-state index in [2.05, 4.69) is 4.90 Å². The number of nitrogens with two attached hydrogens (primary N) is 2. The van der Waals surface area contributed by atoms with E-state index in [9.17, 15) is 8.42 Å². The van der Waals surface area contributed by atoms with Gasteiger partial charge in [0, 0.05) is 19.1 Å². The second-order valence-electron chi connectivity index (χ2n) is 4.08. The zero-order chi connectivity index (χ0) is 10.8. The first kappa shape index (κ1) is 11.9. The molecule has 2 atom stereocenters. The molecule has 84 valence electrons. The summed E-state index contributed by atoms with van der Waals surface area (Å²) < 4.78 is 21.5.